The zero-order chi connectivity index (χ0) is 19.2. The smallest absolute Gasteiger partial charge is 0.225 e. The Hall–Kier alpha value is -0.550. The number of carbonyl (C=O) groups is 1. The van der Waals surface area contributed by atoms with Crippen molar-refractivity contribution in [1.82, 2.24) is 20.5 Å². The molecule has 1 amide bonds. The number of nitrogens with zero attached hydrogens (tertiary/aromatic N) is 3. The molecule has 1 aromatic rings. The number of carbonyl (C=O) groups excluding carboxylic acids is 1. The van der Waals surface area contributed by atoms with E-state index in [1.807, 2.05) is 25.7 Å². The van der Waals surface area contributed by atoms with Crippen LogP contribution in [0.2, 0.25) is 0 Å². The third kappa shape index (κ3) is 6.48. The van der Waals surface area contributed by atoms with Gasteiger partial charge in [0.15, 0.2) is 5.96 Å². The minimum Gasteiger partial charge on any atom is -0.354 e. The summed E-state index contributed by atoms with van der Waals surface area (Å²) in [6.07, 6.45) is 4.01. The van der Waals surface area contributed by atoms with Gasteiger partial charge < -0.3 is 15.5 Å². The minimum atomic E-state index is 0. The van der Waals surface area contributed by atoms with Crippen molar-refractivity contribution in [1.29, 1.82) is 0 Å². The molecular formula is C19H32IN5OS2. The van der Waals surface area contributed by atoms with E-state index < -0.39 is 0 Å². The van der Waals surface area contributed by atoms with E-state index >= 15 is 0 Å². The Labute approximate surface area is 193 Å². The van der Waals surface area contributed by atoms with Crippen LogP contribution in [0.15, 0.2) is 4.99 Å². The maximum atomic E-state index is 12.7. The molecule has 2 heterocycles. The van der Waals surface area contributed by atoms with Gasteiger partial charge in [0.1, 0.15) is 0 Å². The van der Waals surface area contributed by atoms with Gasteiger partial charge in [0, 0.05) is 48.5 Å². The number of aliphatic imine (C=N–C) groups is 1. The van der Waals surface area contributed by atoms with Gasteiger partial charge in [0.2, 0.25) is 5.91 Å². The summed E-state index contributed by atoms with van der Waals surface area (Å²) in [7, 11) is 1.81. The van der Waals surface area contributed by atoms with Crippen LogP contribution in [0, 0.1) is 19.8 Å². The molecule has 0 bridgehead atoms. The second-order valence-corrected chi connectivity index (χ2v) is 9.81. The van der Waals surface area contributed by atoms with Gasteiger partial charge in [-0.25, -0.2) is 4.98 Å². The summed E-state index contributed by atoms with van der Waals surface area (Å²) in [5.41, 5.74) is 1.09. The number of nitrogens with one attached hydrogen (secondary N) is 2. The van der Waals surface area contributed by atoms with Gasteiger partial charge in [-0.3, -0.25) is 9.79 Å². The first-order valence-corrected chi connectivity index (χ1v) is 11.8. The lowest BCUT2D eigenvalue weighted by Gasteiger charge is -2.34. The second-order valence-electron chi connectivity index (χ2n) is 7.30. The van der Waals surface area contributed by atoms with E-state index in [0.717, 1.165) is 73.5 Å². The summed E-state index contributed by atoms with van der Waals surface area (Å²) in [6, 6.07) is 0.390. The third-order valence-corrected chi connectivity index (χ3v) is 7.39. The Morgan fingerprint density at radius 2 is 1.89 bits per heavy atom. The SMILES string of the molecule is CN=C(NCc1sc(C)nc1C)NC1CCC(C(=O)N2CCSCC2)CC1.I. The molecule has 0 unspecified atom stereocenters. The Morgan fingerprint density at radius 3 is 2.46 bits per heavy atom. The van der Waals surface area contributed by atoms with Crippen molar-refractivity contribution < 1.29 is 4.79 Å². The van der Waals surface area contributed by atoms with E-state index in [2.05, 4.69) is 32.4 Å². The molecule has 2 N–H and O–H groups in total. The van der Waals surface area contributed by atoms with Crippen molar-refractivity contribution in [3.63, 3.8) is 0 Å². The van der Waals surface area contributed by atoms with E-state index in [-0.39, 0.29) is 29.9 Å². The van der Waals surface area contributed by atoms with Crippen LogP contribution in [-0.4, -0.2) is 59.4 Å². The highest BCUT2D eigenvalue weighted by atomic mass is 127. The van der Waals surface area contributed by atoms with Crippen LogP contribution in [0.3, 0.4) is 0 Å². The van der Waals surface area contributed by atoms with Crippen molar-refractivity contribution in [2.45, 2.75) is 52.1 Å². The van der Waals surface area contributed by atoms with Crippen LogP contribution in [-0.2, 0) is 11.3 Å². The Morgan fingerprint density at radius 1 is 1.21 bits per heavy atom. The summed E-state index contributed by atoms with van der Waals surface area (Å²) in [5, 5.41) is 8.04. The van der Waals surface area contributed by atoms with Crippen LogP contribution >= 0.6 is 47.1 Å². The Bertz CT molecular complexity index is 667. The third-order valence-electron chi connectivity index (χ3n) is 5.38. The molecule has 0 aromatic carbocycles. The van der Waals surface area contributed by atoms with Crippen molar-refractivity contribution in [2.75, 3.05) is 31.6 Å². The average molecular weight is 538 g/mol. The molecule has 9 heteroatoms. The number of rotatable bonds is 4. The predicted molar refractivity (Wildman–Crippen MR) is 130 cm³/mol. The van der Waals surface area contributed by atoms with E-state index in [9.17, 15) is 4.79 Å². The minimum absolute atomic E-state index is 0. The number of thiazole rings is 1. The molecule has 1 aromatic heterocycles. The van der Waals surface area contributed by atoms with Crippen molar-refractivity contribution in [2.24, 2.45) is 10.9 Å². The lowest BCUT2D eigenvalue weighted by molar-refractivity contribution is -0.136. The first-order chi connectivity index (χ1) is 13.1. The molecular weight excluding hydrogens is 505 g/mol. The van der Waals surface area contributed by atoms with Crippen molar-refractivity contribution in [3.05, 3.63) is 15.6 Å². The fourth-order valence-electron chi connectivity index (χ4n) is 3.82. The van der Waals surface area contributed by atoms with Crippen LogP contribution in [0.1, 0.15) is 41.3 Å². The van der Waals surface area contributed by atoms with Gasteiger partial charge in [-0.1, -0.05) is 0 Å². The van der Waals surface area contributed by atoms with E-state index in [0.29, 0.717) is 11.9 Å². The predicted octanol–water partition coefficient (Wildman–Crippen LogP) is 3.18. The summed E-state index contributed by atoms with van der Waals surface area (Å²) in [4.78, 5) is 24.9. The summed E-state index contributed by atoms with van der Waals surface area (Å²) in [6.45, 7) is 6.69. The molecule has 1 aliphatic heterocycles. The van der Waals surface area contributed by atoms with Gasteiger partial charge in [-0.05, 0) is 39.5 Å². The van der Waals surface area contributed by atoms with Gasteiger partial charge >= 0.3 is 0 Å². The number of guanidine groups is 1. The number of thioether (sulfide) groups is 1. The van der Waals surface area contributed by atoms with Gasteiger partial charge in [-0.2, -0.15) is 11.8 Å². The van der Waals surface area contributed by atoms with Crippen LogP contribution in [0.5, 0.6) is 0 Å². The molecule has 1 aliphatic carbocycles. The number of aryl methyl sites for hydroxylation is 2. The van der Waals surface area contributed by atoms with Crippen molar-refractivity contribution in [3.8, 4) is 0 Å². The van der Waals surface area contributed by atoms with Gasteiger partial charge in [0.05, 0.1) is 17.2 Å². The van der Waals surface area contributed by atoms with E-state index in [1.165, 1.54) is 4.88 Å². The quantitative estimate of drug-likeness (QED) is 0.351. The Kier molecular flexibility index (Phi) is 9.82. The molecule has 1 saturated carbocycles. The maximum Gasteiger partial charge on any atom is 0.225 e. The normalized spacial score (nSPS) is 23.1. The maximum absolute atomic E-state index is 12.7. The zero-order valence-corrected chi connectivity index (χ0v) is 21.0. The highest BCUT2D eigenvalue weighted by Crippen LogP contribution is 2.27. The highest BCUT2D eigenvalue weighted by molar-refractivity contribution is 14.0. The molecule has 2 fully saturated rings. The van der Waals surface area contributed by atoms with Gasteiger partial charge in [0.25, 0.3) is 0 Å². The summed E-state index contributed by atoms with van der Waals surface area (Å²) < 4.78 is 0. The number of halogens is 1. The van der Waals surface area contributed by atoms with Crippen LogP contribution < -0.4 is 10.6 Å². The molecule has 0 atom stereocenters. The van der Waals surface area contributed by atoms with E-state index in [4.69, 9.17) is 0 Å². The standard InChI is InChI=1S/C19H31N5OS2.HI/c1-13-17(27-14(2)22-13)12-21-19(20-3)23-16-6-4-15(5-7-16)18(25)24-8-10-26-11-9-24;/h15-16H,4-12H2,1-3H3,(H2,20,21,23);1H. The van der Waals surface area contributed by atoms with E-state index in [1.54, 1.807) is 11.3 Å². The molecule has 3 rings (SSSR count). The molecule has 2 aliphatic rings. The second kappa shape index (κ2) is 11.6. The fourth-order valence-corrected chi connectivity index (χ4v) is 5.60. The first-order valence-electron chi connectivity index (χ1n) is 9.83. The summed E-state index contributed by atoms with van der Waals surface area (Å²) in [5.74, 6) is 3.60. The molecule has 0 radical (unpaired) electrons. The molecule has 1 saturated heterocycles. The average Bonchev–Trinajstić information content (AvgIpc) is 3.02. The summed E-state index contributed by atoms with van der Waals surface area (Å²) >= 11 is 3.68. The van der Waals surface area contributed by atoms with Gasteiger partial charge in [-0.15, -0.1) is 35.3 Å². The largest absolute Gasteiger partial charge is 0.354 e. The van der Waals surface area contributed by atoms with Crippen LogP contribution in [0.25, 0.3) is 0 Å². The lowest BCUT2D eigenvalue weighted by Crippen LogP contribution is -2.47. The Balaban J connectivity index is 0.00000280. The number of amides is 1. The molecule has 0 spiro atoms. The first kappa shape index (κ1) is 23.7. The zero-order valence-electron chi connectivity index (χ0n) is 17.0. The van der Waals surface area contributed by atoms with Crippen molar-refractivity contribution >= 4 is 58.9 Å². The molecule has 158 valence electrons. The topological polar surface area (TPSA) is 69.6 Å². The molecule has 28 heavy (non-hydrogen) atoms. The number of hydrogen-bond acceptors (Lipinski definition) is 5. The lowest BCUT2D eigenvalue weighted by atomic mass is 9.85. The molecule has 6 nitrogen and oxygen atoms in total. The number of hydrogen-bond donors (Lipinski definition) is 2. The monoisotopic (exact) mass is 537 g/mol. The highest BCUT2D eigenvalue weighted by Gasteiger charge is 2.30. The fraction of sp³-hybridized carbons (Fsp3) is 0.737. The number of aromatic nitrogens is 1. The van der Waals surface area contributed by atoms with Crippen LogP contribution in [0.4, 0.5) is 0 Å².